The molecule has 2 aromatic rings. The van der Waals surface area contributed by atoms with Crippen molar-refractivity contribution in [1.29, 1.82) is 0 Å². The van der Waals surface area contributed by atoms with Crippen molar-refractivity contribution in [3.63, 3.8) is 0 Å². The maximum atomic E-state index is 11.9. The lowest BCUT2D eigenvalue weighted by molar-refractivity contribution is 0.0446. The van der Waals surface area contributed by atoms with Gasteiger partial charge in [0.25, 0.3) is 0 Å². The van der Waals surface area contributed by atoms with Crippen LogP contribution in [0.25, 0.3) is 0 Å². The van der Waals surface area contributed by atoms with E-state index >= 15 is 0 Å². The molecule has 0 amide bonds. The van der Waals surface area contributed by atoms with Gasteiger partial charge in [0.2, 0.25) is 0 Å². The van der Waals surface area contributed by atoms with Gasteiger partial charge in [-0.3, -0.25) is 4.98 Å². The second-order valence-electron chi connectivity index (χ2n) is 4.30. The molecule has 126 valence electrons. The van der Waals surface area contributed by atoms with E-state index in [-0.39, 0.29) is 33.3 Å². The van der Waals surface area contributed by atoms with Crippen LogP contribution in [-0.4, -0.2) is 42.1 Å². The summed E-state index contributed by atoms with van der Waals surface area (Å²) in [4.78, 5) is 43.3. The Bertz CT molecular complexity index is 774. The Morgan fingerprint density at radius 2 is 1.83 bits per heavy atom. The first-order valence-corrected chi connectivity index (χ1v) is 7.32. The highest BCUT2D eigenvalue weighted by Gasteiger charge is 2.28. The molecule has 24 heavy (non-hydrogen) atoms. The van der Waals surface area contributed by atoms with E-state index in [0.29, 0.717) is 0 Å². The van der Waals surface area contributed by atoms with Gasteiger partial charge in [-0.1, -0.05) is 0 Å². The van der Waals surface area contributed by atoms with Gasteiger partial charge in [0.1, 0.15) is 22.0 Å². The van der Waals surface area contributed by atoms with Gasteiger partial charge in [0, 0.05) is 18.0 Å². The zero-order chi connectivity index (χ0) is 17.7. The number of anilines is 1. The number of esters is 3. The summed E-state index contributed by atoms with van der Waals surface area (Å²) < 4.78 is 14.4. The van der Waals surface area contributed by atoms with Gasteiger partial charge in [-0.2, -0.15) is 0 Å². The standard InChI is InChI=1S/C14H13N3O6S/c1-21-13(19)9-7(10(14(20)22-2)24-11(9)15)6-23-12(18)8-5-16-3-4-17-8/h3-5H,6,15H2,1-2H3. The largest absolute Gasteiger partial charge is 0.465 e. The number of carbonyl (C=O) groups is 3. The lowest BCUT2D eigenvalue weighted by Crippen LogP contribution is -2.13. The van der Waals surface area contributed by atoms with E-state index in [4.69, 9.17) is 10.5 Å². The summed E-state index contributed by atoms with van der Waals surface area (Å²) in [5.74, 6) is -2.21. The highest BCUT2D eigenvalue weighted by atomic mass is 32.1. The second-order valence-corrected chi connectivity index (χ2v) is 5.35. The van der Waals surface area contributed by atoms with Gasteiger partial charge in [-0.25, -0.2) is 19.4 Å². The molecule has 0 aromatic carbocycles. The summed E-state index contributed by atoms with van der Waals surface area (Å²) in [6.07, 6.45) is 3.97. The highest BCUT2D eigenvalue weighted by Crippen LogP contribution is 2.33. The summed E-state index contributed by atoms with van der Waals surface area (Å²) in [5.41, 5.74) is 5.85. The zero-order valence-electron chi connectivity index (χ0n) is 12.8. The van der Waals surface area contributed by atoms with Crippen LogP contribution in [0.1, 0.15) is 36.1 Å². The van der Waals surface area contributed by atoms with E-state index in [1.54, 1.807) is 0 Å². The van der Waals surface area contributed by atoms with E-state index in [9.17, 15) is 14.4 Å². The number of hydrogen-bond acceptors (Lipinski definition) is 10. The van der Waals surface area contributed by atoms with Gasteiger partial charge in [-0.05, 0) is 0 Å². The van der Waals surface area contributed by atoms with Crippen LogP contribution in [0, 0.1) is 0 Å². The van der Waals surface area contributed by atoms with E-state index in [1.165, 1.54) is 32.8 Å². The van der Waals surface area contributed by atoms with Gasteiger partial charge in [0.15, 0.2) is 5.69 Å². The number of nitrogens with two attached hydrogens (primary N) is 1. The Hall–Kier alpha value is -3.01. The molecule has 0 saturated carbocycles. The predicted molar refractivity (Wildman–Crippen MR) is 82.6 cm³/mol. The fraction of sp³-hybridized carbons (Fsp3) is 0.214. The van der Waals surface area contributed by atoms with Crippen LogP contribution in [0.4, 0.5) is 5.00 Å². The number of nitrogens with zero attached hydrogens (tertiary/aromatic N) is 2. The van der Waals surface area contributed by atoms with E-state index < -0.39 is 17.9 Å². The van der Waals surface area contributed by atoms with Gasteiger partial charge < -0.3 is 19.9 Å². The Kier molecular flexibility index (Phi) is 5.42. The summed E-state index contributed by atoms with van der Waals surface area (Å²) in [7, 11) is 2.36. The molecule has 0 fully saturated rings. The number of methoxy groups -OCH3 is 2. The number of thiophene rings is 1. The van der Waals surface area contributed by atoms with Crippen LogP contribution in [-0.2, 0) is 20.8 Å². The van der Waals surface area contributed by atoms with Crippen molar-refractivity contribution in [3.05, 3.63) is 40.3 Å². The van der Waals surface area contributed by atoms with Crippen LogP contribution >= 0.6 is 11.3 Å². The average molecular weight is 351 g/mol. The third-order valence-corrected chi connectivity index (χ3v) is 3.96. The van der Waals surface area contributed by atoms with E-state index in [0.717, 1.165) is 11.3 Å². The number of ether oxygens (including phenoxy) is 3. The van der Waals surface area contributed by atoms with Crippen molar-refractivity contribution in [3.8, 4) is 0 Å². The number of rotatable bonds is 5. The van der Waals surface area contributed by atoms with Crippen molar-refractivity contribution in [2.75, 3.05) is 20.0 Å². The number of nitrogen functional groups attached to an aromatic ring is 1. The molecule has 2 rings (SSSR count). The Morgan fingerprint density at radius 1 is 1.12 bits per heavy atom. The minimum Gasteiger partial charge on any atom is -0.465 e. The zero-order valence-corrected chi connectivity index (χ0v) is 13.6. The second kappa shape index (κ2) is 7.51. The van der Waals surface area contributed by atoms with Crippen LogP contribution in [0.2, 0.25) is 0 Å². The predicted octanol–water partition coefficient (Wildman–Crippen LogP) is 1.05. The molecule has 0 saturated heterocycles. The Balaban J connectivity index is 2.32. The third kappa shape index (κ3) is 3.49. The lowest BCUT2D eigenvalue weighted by Gasteiger charge is -2.07. The molecule has 0 unspecified atom stereocenters. The first kappa shape index (κ1) is 17.3. The Morgan fingerprint density at radius 3 is 2.42 bits per heavy atom. The van der Waals surface area contributed by atoms with Gasteiger partial charge in [0.05, 0.1) is 20.4 Å². The number of aromatic nitrogens is 2. The van der Waals surface area contributed by atoms with Crippen LogP contribution in [0.5, 0.6) is 0 Å². The smallest absolute Gasteiger partial charge is 0.358 e. The third-order valence-electron chi connectivity index (χ3n) is 2.91. The molecule has 0 bridgehead atoms. The van der Waals surface area contributed by atoms with E-state index in [2.05, 4.69) is 19.4 Å². The van der Waals surface area contributed by atoms with Crippen LogP contribution < -0.4 is 5.73 Å². The summed E-state index contributed by atoms with van der Waals surface area (Å²) in [5, 5.41) is 0.0628. The van der Waals surface area contributed by atoms with Crippen molar-refractivity contribution < 1.29 is 28.6 Å². The molecule has 0 atom stereocenters. The molecular formula is C14H13N3O6S. The average Bonchev–Trinajstić information content (AvgIpc) is 2.95. The lowest BCUT2D eigenvalue weighted by atomic mass is 10.1. The molecule has 2 heterocycles. The number of hydrogen-bond donors (Lipinski definition) is 1. The summed E-state index contributed by atoms with van der Waals surface area (Å²) in [6, 6.07) is 0. The molecule has 0 aliphatic carbocycles. The normalized spacial score (nSPS) is 10.1. The molecule has 0 aliphatic rings. The molecular weight excluding hydrogens is 338 g/mol. The highest BCUT2D eigenvalue weighted by molar-refractivity contribution is 7.18. The SMILES string of the molecule is COC(=O)c1sc(N)c(C(=O)OC)c1COC(=O)c1cnccn1. The monoisotopic (exact) mass is 351 g/mol. The maximum absolute atomic E-state index is 11.9. The van der Waals surface area contributed by atoms with Crippen molar-refractivity contribution >= 4 is 34.2 Å². The molecule has 9 nitrogen and oxygen atoms in total. The minimum atomic E-state index is -0.764. The first-order chi connectivity index (χ1) is 11.5. The topological polar surface area (TPSA) is 131 Å². The van der Waals surface area contributed by atoms with Crippen LogP contribution in [0.3, 0.4) is 0 Å². The van der Waals surface area contributed by atoms with Crippen LogP contribution in [0.15, 0.2) is 18.6 Å². The van der Waals surface area contributed by atoms with Crippen molar-refractivity contribution in [2.45, 2.75) is 6.61 Å². The minimum absolute atomic E-state index is 0.0139. The molecule has 0 spiro atoms. The first-order valence-electron chi connectivity index (χ1n) is 6.50. The quantitative estimate of drug-likeness (QED) is 0.620. The van der Waals surface area contributed by atoms with Crippen molar-refractivity contribution in [1.82, 2.24) is 9.97 Å². The van der Waals surface area contributed by atoms with Crippen molar-refractivity contribution in [2.24, 2.45) is 0 Å². The molecule has 2 N–H and O–H groups in total. The maximum Gasteiger partial charge on any atom is 0.358 e. The van der Waals surface area contributed by atoms with E-state index in [1.807, 2.05) is 0 Å². The van der Waals surface area contributed by atoms with Gasteiger partial charge in [-0.15, -0.1) is 11.3 Å². The molecule has 0 radical (unpaired) electrons. The molecule has 10 heteroatoms. The fourth-order valence-corrected chi connectivity index (χ4v) is 2.80. The Labute approximate surface area is 140 Å². The summed E-state index contributed by atoms with van der Waals surface area (Å²) in [6.45, 7) is -0.377. The number of carbonyl (C=O) groups excluding carboxylic acids is 3. The molecule has 2 aromatic heterocycles. The fourth-order valence-electron chi connectivity index (χ4n) is 1.82. The molecule has 0 aliphatic heterocycles. The van der Waals surface area contributed by atoms with Gasteiger partial charge >= 0.3 is 17.9 Å². The summed E-state index contributed by atoms with van der Waals surface area (Å²) >= 11 is 0.848.